The van der Waals surface area contributed by atoms with Crippen LogP contribution < -0.4 is 5.32 Å². The zero-order chi connectivity index (χ0) is 15.0. The number of aliphatic hydroxyl groups excluding tert-OH is 1. The van der Waals surface area contributed by atoms with Crippen molar-refractivity contribution in [2.24, 2.45) is 5.92 Å². The Bertz CT molecular complexity index is 299. The molecular formula is C15H29N3O2. The number of hydrogen-bond acceptors (Lipinski definition) is 4. The summed E-state index contributed by atoms with van der Waals surface area (Å²) in [6.07, 6.45) is 3.73. The predicted molar refractivity (Wildman–Crippen MR) is 81.5 cm³/mol. The molecule has 1 aliphatic rings. The van der Waals surface area contributed by atoms with Gasteiger partial charge in [0.05, 0.1) is 12.6 Å². The van der Waals surface area contributed by atoms with Crippen LogP contribution in [-0.2, 0) is 4.79 Å². The van der Waals surface area contributed by atoms with Gasteiger partial charge in [-0.3, -0.25) is 9.69 Å². The van der Waals surface area contributed by atoms with Gasteiger partial charge in [-0.2, -0.15) is 0 Å². The SMILES string of the molecule is C=CCNC(=O)CN(C)CC1CCN(C[C@@H](C)O)CC1. The minimum absolute atomic E-state index is 0.0546. The van der Waals surface area contributed by atoms with Gasteiger partial charge in [0, 0.05) is 19.6 Å². The third kappa shape index (κ3) is 7.03. The van der Waals surface area contributed by atoms with Crippen molar-refractivity contribution in [3.8, 4) is 0 Å². The summed E-state index contributed by atoms with van der Waals surface area (Å²) >= 11 is 0. The number of nitrogens with one attached hydrogen (secondary N) is 1. The largest absolute Gasteiger partial charge is 0.392 e. The predicted octanol–water partition coefficient (Wildman–Crippen LogP) is 0.313. The number of β-amino-alcohol motifs (C(OH)–C–C–N with tert-alkyl or cyclic N) is 1. The Morgan fingerprint density at radius 2 is 2.20 bits per heavy atom. The Morgan fingerprint density at radius 1 is 1.55 bits per heavy atom. The van der Waals surface area contributed by atoms with Crippen molar-refractivity contribution in [3.05, 3.63) is 12.7 Å². The summed E-state index contributed by atoms with van der Waals surface area (Å²) in [6, 6.07) is 0. The summed E-state index contributed by atoms with van der Waals surface area (Å²) in [4.78, 5) is 16.0. The number of hydrogen-bond donors (Lipinski definition) is 2. The second kappa shape index (κ2) is 9.10. The number of likely N-dealkylation sites (N-methyl/N-ethyl adjacent to an activating group) is 1. The third-order valence-corrected chi connectivity index (χ3v) is 3.66. The molecule has 5 nitrogen and oxygen atoms in total. The van der Waals surface area contributed by atoms with Crippen molar-refractivity contribution < 1.29 is 9.90 Å². The second-order valence-electron chi connectivity index (χ2n) is 5.88. The fourth-order valence-electron chi connectivity index (χ4n) is 2.72. The Morgan fingerprint density at radius 3 is 2.75 bits per heavy atom. The molecule has 0 aromatic heterocycles. The lowest BCUT2D eigenvalue weighted by Crippen LogP contribution is -2.42. The first-order chi connectivity index (χ1) is 9.51. The lowest BCUT2D eigenvalue weighted by molar-refractivity contribution is -0.121. The van der Waals surface area contributed by atoms with E-state index in [1.165, 1.54) is 0 Å². The van der Waals surface area contributed by atoms with Crippen molar-refractivity contribution in [2.45, 2.75) is 25.9 Å². The minimum Gasteiger partial charge on any atom is -0.392 e. The monoisotopic (exact) mass is 283 g/mol. The maximum atomic E-state index is 11.6. The molecule has 1 amide bonds. The molecule has 1 heterocycles. The molecule has 0 unspecified atom stereocenters. The average Bonchev–Trinajstić information content (AvgIpc) is 2.38. The zero-order valence-electron chi connectivity index (χ0n) is 12.8. The number of aliphatic hydroxyl groups is 1. The molecule has 0 aromatic rings. The van der Waals surface area contributed by atoms with Crippen LogP contribution in [0.25, 0.3) is 0 Å². The van der Waals surface area contributed by atoms with Crippen LogP contribution in [0.15, 0.2) is 12.7 Å². The van der Waals surface area contributed by atoms with Crippen LogP contribution in [0.5, 0.6) is 0 Å². The summed E-state index contributed by atoms with van der Waals surface area (Å²) in [6.45, 7) is 10.2. The highest BCUT2D eigenvalue weighted by atomic mass is 16.3. The average molecular weight is 283 g/mol. The zero-order valence-corrected chi connectivity index (χ0v) is 12.8. The quantitative estimate of drug-likeness (QED) is 0.630. The second-order valence-corrected chi connectivity index (χ2v) is 5.88. The Hall–Kier alpha value is -0.910. The number of carbonyl (C=O) groups is 1. The lowest BCUT2D eigenvalue weighted by atomic mass is 9.96. The molecule has 116 valence electrons. The lowest BCUT2D eigenvalue weighted by Gasteiger charge is -2.34. The van der Waals surface area contributed by atoms with Crippen LogP contribution in [0, 0.1) is 5.92 Å². The van der Waals surface area contributed by atoms with Gasteiger partial charge < -0.3 is 15.3 Å². The van der Waals surface area contributed by atoms with Crippen LogP contribution >= 0.6 is 0 Å². The normalized spacial score (nSPS) is 19.0. The molecule has 5 heteroatoms. The van der Waals surface area contributed by atoms with Gasteiger partial charge in [-0.1, -0.05) is 6.08 Å². The maximum Gasteiger partial charge on any atom is 0.234 e. The molecule has 0 radical (unpaired) electrons. The van der Waals surface area contributed by atoms with E-state index in [0.717, 1.165) is 39.0 Å². The van der Waals surface area contributed by atoms with E-state index in [1.807, 2.05) is 14.0 Å². The first-order valence-corrected chi connectivity index (χ1v) is 7.47. The molecule has 0 saturated carbocycles. The molecule has 1 fully saturated rings. The fraction of sp³-hybridized carbons (Fsp3) is 0.800. The van der Waals surface area contributed by atoms with Gasteiger partial charge in [0.1, 0.15) is 0 Å². The number of amides is 1. The van der Waals surface area contributed by atoms with E-state index in [4.69, 9.17) is 0 Å². The molecule has 0 bridgehead atoms. The first-order valence-electron chi connectivity index (χ1n) is 7.47. The summed E-state index contributed by atoms with van der Waals surface area (Å²) in [5, 5.41) is 12.2. The fourth-order valence-corrected chi connectivity index (χ4v) is 2.72. The number of likely N-dealkylation sites (tertiary alicyclic amines) is 1. The van der Waals surface area contributed by atoms with Gasteiger partial charge in [-0.05, 0) is 45.8 Å². The smallest absolute Gasteiger partial charge is 0.234 e. The van der Waals surface area contributed by atoms with Crippen molar-refractivity contribution in [3.63, 3.8) is 0 Å². The minimum atomic E-state index is -0.247. The highest BCUT2D eigenvalue weighted by molar-refractivity contribution is 5.78. The maximum absolute atomic E-state index is 11.6. The Balaban J connectivity index is 2.19. The van der Waals surface area contributed by atoms with Crippen LogP contribution in [-0.4, -0.2) is 73.2 Å². The molecule has 1 rings (SSSR count). The number of carbonyl (C=O) groups excluding carboxylic acids is 1. The van der Waals surface area contributed by atoms with Crippen molar-refractivity contribution >= 4 is 5.91 Å². The van der Waals surface area contributed by atoms with Crippen molar-refractivity contribution in [1.29, 1.82) is 0 Å². The van der Waals surface area contributed by atoms with Crippen LogP contribution in [0.4, 0.5) is 0 Å². The molecule has 0 aromatic carbocycles. The van der Waals surface area contributed by atoms with E-state index in [2.05, 4.69) is 21.7 Å². The Labute approximate surface area is 122 Å². The van der Waals surface area contributed by atoms with E-state index in [1.54, 1.807) is 6.08 Å². The van der Waals surface area contributed by atoms with E-state index >= 15 is 0 Å². The standard InChI is InChI=1S/C15H29N3O2/c1-4-7-16-15(20)12-17(3)11-14-5-8-18(9-6-14)10-13(2)19/h4,13-14,19H,1,5-12H2,2-3H3,(H,16,20)/t13-/m1/s1. The van der Waals surface area contributed by atoms with Gasteiger partial charge in [0.2, 0.25) is 5.91 Å². The Kier molecular flexibility index (Phi) is 7.80. The molecule has 1 aliphatic heterocycles. The topological polar surface area (TPSA) is 55.8 Å². The van der Waals surface area contributed by atoms with Crippen LogP contribution in [0.2, 0.25) is 0 Å². The molecule has 2 N–H and O–H groups in total. The molecule has 1 atom stereocenters. The highest BCUT2D eigenvalue weighted by Crippen LogP contribution is 2.18. The molecule has 20 heavy (non-hydrogen) atoms. The highest BCUT2D eigenvalue weighted by Gasteiger charge is 2.21. The van der Waals surface area contributed by atoms with Gasteiger partial charge in [0.15, 0.2) is 0 Å². The van der Waals surface area contributed by atoms with Crippen LogP contribution in [0.1, 0.15) is 19.8 Å². The van der Waals surface area contributed by atoms with Gasteiger partial charge in [-0.15, -0.1) is 6.58 Å². The molecule has 1 saturated heterocycles. The third-order valence-electron chi connectivity index (χ3n) is 3.66. The summed E-state index contributed by atoms with van der Waals surface area (Å²) < 4.78 is 0. The van der Waals surface area contributed by atoms with Crippen LogP contribution in [0.3, 0.4) is 0 Å². The molecular weight excluding hydrogens is 254 g/mol. The summed E-state index contributed by atoms with van der Waals surface area (Å²) in [7, 11) is 2.00. The first kappa shape index (κ1) is 17.1. The van der Waals surface area contributed by atoms with E-state index in [9.17, 15) is 9.90 Å². The van der Waals surface area contributed by atoms with E-state index < -0.39 is 0 Å². The number of nitrogens with zero attached hydrogens (tertiary/aromatic N) is 2. The molecule has 0 aliphatic carbocycles. The van der Waals surface area contributed by atoms with E-state index in [-0.39, 0.29) is 12.0 Å². The van der Waals surface area contributed by atoms with Gasteiger partial charge in [-0.25, -0.2) is 0 Å². The number of piperidine rings is 1. The van der Waals surface area contributed by atoms with Gasteiger partial charge >= 0.3 is 0 Å². The molecule has 0 spiro atoms. The summed E-state index contributed by atoms with van der Waals surface area (Å²) in [5.41, 5.74) is 0. The van der Waals surface area contributed by atoms with Gasteiger partial charge in [0.25, 0.3) is 0 Å². The summed E-state index contributed by atoms with van der Waals surface area (Å²) in [5.74, 6) is 0.705. The number of rotatable bonds is 8. The van der Waals surface area contributed by atoms with Crippen molar-refractivity contribution in [1.82, 2.24) is 15.1 Å². The van der Waals surface area contributed by atoms with Crippen molar-refractivity contribution in [2.75, 3.05) is 46.3 Å². The van der Waals surface area contributed by atoms with E-state index in [0.29, 0.717) is 19.0 Å².